The highest BCUT2D eigenvalue weighted by atomic mass is 32.2. The van der Waals surface area contributed by atoms with Crippen molar-refractivity contribution in [1.29, 1.82) is 0 Å². The molecule has 1 aromatic rings. The number of thioether (sulfide) groups is 1. The molecule has 2 heterocycles. The first-order valence-corrected chi connectivity index (χ1v) is 8.86. The maximum absolute atomic E-state index is 4.78. The van der Waals surface area contributed by atoms with Gasteiger partial charge in [0.1, 0.15) is 0 Å². The summed E-state index contributed by atoms with van der Waals surface area (Å²) in [5, 5.41) is 4.22. The van der Waals surface area contributed by atoms with Crippen molar-refractivity contribution in [2.45, 2.75) is 45.0 Å². The summed E-state index contributed by atoms with van der Waals surface area (Å²) >= 11 is 2.12. The molecule has 0 amide bonds. The molecular weight excluding hydrogens is 266 g/mol. The molecule has 0 aliphatic carbocycles. The third kappa shape index (κ3) is 5.08. The highest BCUT2D eigenvalue weighted by Gasteiger charge is 2.19. The minimum absolute atomic E-state index is 0.804. The summed E-state index contributed by atoms with van der Waals surface area (Å²) in [5.74, 6) is 1.26. The van der Waals surface area contributed by atoms with E-state index in [0.29, 0.717) is 0 Å². The van der Waals surface area contributed by atoms with E-state index < -0.39 is 0 Å². The first-order valence-electron chi connectivity index (χ1n) is 7.81. The molecule has 112 valence electrons. The van der Waals surface area contributed by atoms with Crippen LogP contribution in [0.1, 0.15) is 38.1 Å². The minimum atomic E-state index is 0.804. The van der Waals surface area contributed by atoms with Gasteiger partial charge in [-0.05, 0) is 31.5 Å². The van der Waals surface area contributed by atoms with Crippen molar-refractivity contribution in [3.63, 3.8) is 0 Å². The molecule has 4 heteroatoms. The minimum Gasteiger partial charge on any atom is -0.311 e. The fourth-order valence-corrected chi connectivity index (χ4v) is 3.76. The number of pyridine rings is 1. The van der Waals surface area contributed by atoms with E-state index in [1.165, 1.54) is 37.4 Å². The van der Waals surface area contributed by atoms with Gasteiger partial charge in [-0.1, -0.05) is 19.9 Å². The van der Waals surface area contributed by atoms with Crippen LogP contribution in [0, 0.1) is 0 Å². The molecule has 1 aliphatic rings. The van der Waals surface area contributed by atoms with Crippen LogP contribution in [0.15, 0.2) is 18.2 Å². The van der Waals surface area contributed by atoms with Crippen molar-refractivity contribution in [3.05, 3.63) is 29.6 Å². The van der Waals surface area contributed by atoms with Crippen LogP contribution in [-0.4, -0.2) is 40.5 Å². The fourth-order valence-electron chi connectivity index (χ4n) is 2.51. The number of hydrogen-bond acceptors (Lipinski definition) is 4. The van der Waals surface area contributed by atoms with Crippen molar-refractivity contribution in [1.82, 2.24) is 15.2 Å². The van der Waals surface area contributed by atoms with Crippen molar-refractivity contribution in [3.8, 4) is 0 Å². The second-order valence-corrected chi connectivity index (χ2v) is 6.84. The van der Waals surface area contributed by atoms with Crippen LogP contribution in [0.5, 0.6) is 0 Å². The third-order valence-corrected chi connectivity index (χ3v) is 5.03. The first-order chi connectivity index (χ1) is 9.81. The average molecular weight is 293 g/mol. The number of aromatic nitrogens is 1. The lowest BCUT2D eigenvalue weighted by molar-refractivity contribution is 0.270. The molecular formula is C16H27N3S. The average Bonchev–Trinajstić information content (AvgIpc) is 2.48. The molecule has 1 unspecified atom stereocenters. The summed E-state index contributed by atoms with van der Waals surface area (Å²) in [6.07, 6.45) is 2.44. The van der Waals surface area contributed by atoms with Crippen molar-refractivity contribution in [2.24, 2.45) is 0 Å². The van der Waals surface area contributed by atoms with Crippen LogP contribution in [0.4, 0.5) is 0 Å². The second kappa shape index (κ2) is 8.65. The normalized spacial score (nSPS) is 20.2. The number of nitrogens with zero attached hydrogens (tertiary/aromatic N) is 2. The van der Waals surface area contributed by atoms with E-state index in [-0.39, 0.29) is 0 Å². The topological polar surface area (TPSA) is 28.2 Å². The van der Waals surface area contributed by atoms with E-state index in [9.17, 15) is 0 Å². The van der Waals surface area contributed by atoms with Gasteiger partial charge in [-0.25, -0.2) is 0 Å². The van der Waals surface area contributed by atoms with Gasteiger partial charge < -0.3 is 5.32 Å². The summed E-state index contributed by atoms with van der Waals surface area (Å²) in [5.41, 5.74) is 2.37. The quantitative estimate of drug-likeness (QED) is 0.783. The lowest BCUT2D eigenvalue weighted by Gasteiger charge is -2.31. The molecule has 1 aliphatic heterocycles. The molecule has 20 heavy (non-hydrogen) atoms. The first kappa shape index (κ1) is 15.8. The summed E-state index contributed by atoms with van der Waals surface area (Å²) in [6.45, 7) is 9.83. The Labute approximate surface area is 127 Å². The highest BCUT2D eigenvalue weighted by Crippen LogP contribution is 2.22. The monoisotopic (exact) mass is 293 g/mol. The van der Waals surface area contributed by atoms with Crippen LogP contribution >= 0.6 is 11.8 Å². The molecule has 1 saturated heterocycles. The van der Waals surface area contributed by atoms with Crippen molar-refractivity contribution < 1.29 is 0 Å². The maximum Gasteiger partial charge on any atom is 0.0547 e. The third-order valence-electron chi connectivity index (χ3n) is 3.66. The lowest BCUT2D eigenvalue weighted by Crippen LogP contribution is -2.37. The molecule has 0 radical (unpaired) electrons. The van der Waals surface area contributed by atoms with Crippen LogP contribution < -0.4 is 5.32 Å². The molecule has 3 nitrogen and oxygen atoms in total. The Bertz CT molecular complexity index is 397. The van der Waals surface area contributed by atoms with Gasteiger partial charge in [0.15, 0.2) is 0 Å². The van der Waals surface area contributed by atoms with Crippen LogP contribution in [0.25, 0.3) is 0 Å². The van der Waals surface area contributed by atoms with Crippen molar-refractivity contribution >= 4 is 11.8 Å². The van der Waals surface area contributed by atoms with E-state index in [4.69, 9.17) is 4.98 Å². The second-order valence-electron chi connectivity index (χ2n) is 5.43. The van der Waals surface area contributed by atoms with Gasteiger partial charge in [0.05, 0.1) is 11.4 Å². The Kier molecular flexibility index (Phi) is 6.83. The Morgan fingerprint density at radius 1 is 1.35 bits per heavy atom. The zero-order chi connectivity index (χ0) is 14.2. The summed E-state index contributed by atoms with van der Waals surface area (Å²) in [4.78, 5) is 7.33. The predicted octanol–water partition coefficient (Wildman–Crippen LogP) is 2.91. The van der Waals surface area contributed by atoms with Gasteiger partial charge in [-0.2, -0.15) is 11.8 Å². The molecule has 1 aromatic heterocycles. The Balaban J connectivity index is 1.87. The standard InChI is InChI=1S/C16H27N3S/c1-3-8-17-11-14-6-5-7-15(18-14)12-19-9-10-20-16(4-2)13-19/h5-7,16-17H,3-4,8-13H2,1-2H3. The SMILES string of the molecule is CCCNCc1cccc(CN2CCSC(CC)C2)n1. The summed E-state index contributed by atoms with van der Waals surface area (Å²) in [7, 11) is 0. The van der Waals surface area contributed by atoms with Crippen LogP contribution in [-0.2, 0) is 13.1 Å². The number of nitrogens with one attached hydrogen (secondary N) is 1. The van der Waals surface area contributed by atoms with Gasteiger partial charge in [0.25, 0.3) is 0 Å². The lowest BCUT2D eigenvalue weighted by atomic mass is 10.2. The van der Waals surface area contributed by atoms with Gasteiger partial charge in [0.2, 0.25) is 0 Å². The molecule has 1 N–H and O–H groups in total. The largest absolute Gasteiger partial charge is 0.311 e. The number of rotatable bonds is 7. The van der Waals surface area contributed by atoms with Crippen molar-refractivity contribution in [2.75, 3.05) is 25.4 Å². The Morgan fingerprint density at radius 2 is 2.20 bits per heavy atom. The zero-order valence-corrected chi connectivity index (χ0v) is 13.6. The van der Waals surface area contributed by atoms with E-state index in [2.05, 4.69) is 54.0 Å². The van der Waals surface area contributed by atoms with Gasteiger partial charge in [-0.15, -0.1) is 0 Å². The maximum atomic E-state index is 4.78. The zero-order valence-electron chi connectivity index (χ0n) is 12.8. The molecule has 2 rings (SSSR count). The number of hydrogen-bond donors (Lipinski definition) is 1. The molecule has 0 bridgehead atoms. The van der Waals surface area contributed by atoms with Crippen LogP contribution in [0.3, 0.4) is 0 Å². The molecule has 0 spiro atoms. The Hall–Kier alpha value is -0.580. The molecule has 1 atom stereocenters. The summed E-state index contributed by atoms with van der Waals surface area (Å²) < 4.78 is 0. The Morgan fingerprint density at radius 3 is 3.00 bits per heavy atom. The summed E-state index contributed by atoms with van der Waals surface area (Å²) in [6, 6.07) is 6.42. The molecule has 0 aromatic carbocycles. The van der Waals surface area contributed by atoms with E-state index in [1.807, 2.05) is 0 Å². The molecule has 0 saturated carbocycles. The van der Waals surface area contributed by atoms with Crippen LogP contribution in [0.2, 0.25) is 0 Å². The fraction of sp³-hybridized carbons (Fsp3) is 0.688. The van der Waals surface area contributed by atoms with E-state index >= 15 is 0 Å². The highest BCUT2D eigenvalue weighted by molar-refractivity contribution is 8.00. The van der Waals surface area contributed by atoms with E-state index in [1.54, 1.807) is 0 Å². The van der Waals surface area contributed by atoms with E-state index in [0.717, 1.165) is 30.6 Å². The van der Waals surface area contributed by atoms with Gasteiger partial charge >= 0.3 is 0 Å². The predicted molar refractivity (Wildman–Crippen MR) is 88.0 cm³/mol. The molecule has 1 fully saturated rings. The smallest absolute Gasteiger partial charge is 0.0547 e. The van der Waals surface area contributed by atoms with Gasteiger partial charge in [0, 0.05) is 37.2 Å². The van der Waals surface area contributed by atoms with Gasteiger partial charge in [-0.3, -0.25) is 9.88 Å².